The van der Waals surface area contributed by atoms with Crippen LogP contribution < -0.4 is 24.8 Å². The largest absolute Gasteiger partial charge is 0.573 e. The number of carbonyl (C=O) groups is 2. The molecule has 3 N–H and O–H groups in total. The maximum Gasteiger partial charge on any atom is 0.573 e. The Balaban J connectivity index is 1.74. The average molecular weight is 723 g/mol. The molecule has 4 rings (SSSR count). The number of carbonyl (C=O) groups excluding carboxylic acids is 1. The molecule has 272 valence electrons. The van der Waals surface area contributed by atoms with Crippen LogP contribution in [0, 0.1) is 11.8 Å². The van der Waals surface area contributed by atoms with E-state index in [-0.39, 0.29) is 23.7 Å². The molecule has 0 aromatic heterocycles. The van der Waals surface area contributed by atoms with Crippen molar-refractivity contribution in [3.05, 3.63) is 89.5 Å². The van der Waals surface area contributed by atoms with Crippen molar-refractivity contribution in [3.8, 4) is 17.2 Å². The highest BCUT2D eigenvalue weighted by Gasteiger charge is 2.40. The number of amides is 2. The van der Waals surface area contributed by atoms with Crippen LogP contribution >= 0.6 is 0 Å². The van der Waals surface area contributed by atoms with E-state index in [4.69, 9.17) is 4.74 Å². The molecular weight excluding hydrogens is 691 g/mol. The maximum absolute atomic E-state index is 13.2. The Bertz CT molecular complexity index is 1550. The van der Waals surface area contributed by atoms with Gasteiger partial charge in [-0.25, -0.2) is 4.79 Å². The summed E-state index contributed by atoms with van der Waals surface area (Å²) in [5.74, 6) is -2.59. The number of ether oxygens (including phenoxy) is 3. The van der Waals surface area contributed by atoms with Crippen molar-refractivity contribution in [2.24, 2.45) is 11.8 Å². The number of nitrogens with one attached hydrogen (secondary N) is 2. The van der Waals surface area contributed by atoms with Crippen LogP contribution in [-0.2, 0) is 16.8 Å². The summed E-state index contributed by atoms with van der Waals surface area (Å²) in [5, 5.41) is 13.3. The van der Waals surface area contributed by atoms with Crippen LogP contribution in [0.25, 0.3) is 0 Å². The quantitative estimate of drug-likeness (QED) is 0.163. The second-order valence-electron chi connectivity index (χ2n) is 11.7. The van der Waals surface area contributed by atoms with Crippen LogP contribution in [0.15, 0.2) is 72.8 Å². The number of hydrogen-bond donors (Lipinski definition) is 3. The summed E-state index contributed by atoms with van der Waals surface area (Å²) in [4.78, 5) is 24.4. The van der Waals surface area contributed by atoms with Crippen molar-refractivity contribution in [2.45, 2.75) is 56.5 Å². The highest BCUT2D eigenvalue weighted by molar-refractivity contribution is 5.76. The van der Waals surface area contributed by atoms with E-state index in [9.17, 15) is 54.2 Å². The minimum Gasteiger partial charge on any atom is -0.493 e. The summed E-state index contributed by atoms with van der Waals surface area (Å²) in [6, 6.07) is 12.7. The zero-order chi connectivity index (χ0) is 36.7. The first-order valence-corrected chi connectivity index (χ1v) is 15.1. The molecule has 17 heteroatoms. The fourth-order valence-electron chi connectivity index (χ4n) is 5.79. The van der Waals surface area contributed by atoms with Gasteiger partial charge in [0.15, 0.2) is 0 Å². The summed E-state index contributed by atoms with van der Waals surface area (Å²) in [5.41, 5.74) is -2.20. The number of alkyl halides is 9. The number of hydrogen-bond acceptors (Lipinski definition) is 5. The first-order chi connectivity index (χ1) is 23.3. The van der Waals surface area contributed by atoms with Crippen molar-refractivity contribution in [2.75, 3.05) is 13.2 Å². The van der Waals surface area contributed by atoms with Gasteiger partial charge in [0.05, 0.1) is 18.1 Å². The van der Waals surface area contributed by atoms with E-state index in [0.29, 0.717) is 24.2 Å². The molecule has 0 bridgehead atoms. The number of aliphatic carboxylic acids is 1. The van der Waals surface area contributed by atoms with Crippen LogP contribution in [0.2, 0.25) is 0 Å². The Hall–Kier alpha value is -4.83. The van der Waals surface area contributed by atoms with Gasteiger partial charge in [-0.05, 0) is 78.3 Å². The van der Waals surface area contributed by atoms with E-state index in [0.717, 1.165) is 49.2 Å². The molecule has 1 aliphatic carbocycles. The lowest BCUT2D eigenvalue weighted by Gasteiger charge is -2.37. The maximum atomic E-state index is 13.2. The molecule has 2 amide bonds. The summed E-state index contributed by atoms with van der Waals surface area (Å²) >= 11 is 0. The molecule has 1 fully saturated rings. The van der Waals surface area contributed by atoms with E-state index in [2.05, 4.69) is 14.8 Å². The van der Waals surface area contributed by atoms with E-state index in [1.54, 1.807) is 5.32 Å². The van der Waals surface area contributed by atoms with Gasteiger partial charge in [0.2, 0.25) is 0 Å². The van der Waals surface area contributed by atoms with Crippen molar-refractivity contribution in [1.29, 1.82) is 0 Å². The van der Waals surface area contributed by atoms with Crippen LogP contribution in [0.1, 0.15) is 42.4 Å². The fraction of sp³-hybridized carbons (Fsp3) is 0.394. The Kier molecular flexibility index (Phi) is 11.7. The molecule has 0 aliphatic heterocycles. The molecule has 0 spiro atoms. The molecule has 3 aromatic carbocycles. The lowest BCUT2D eigenvalue weighted by molar-refractivity contribution is -0.275. The van der Waals surface area contributed by atoms with Gasteiger partial charge in [-0.3, -0.25) is 4.79 Å². The van der Waals surface area contributed by atoms with Gasteiger partial charge in [-0.1, -0.05) is 42.8 Å². The van der Waals surface area contributed by atoms with E-state index in [1.807, 2.05) is 0 Å². The number of benzene rings is 3. The molecular formula is C33H31F9N2O6. The van der Waals surface area contributed by atoms with Crippen molar-refractivity contribution >= 4 is 12.0 Å². The van der Waals surface area contributed by atoms with Crippen LogP contribution in [-0.4, -0.2) is 49.2 Å². The topological polar surface area (TPSA) is 106 Å². The lowest BCUT2D eigenvalue weighted by Crippen LogP contribution is -2.53. The fourth-order valence-corrected chi connectivity index (χ4v) is 5.79. The predicted octanol–water partition coefficient (Wildman–Crippen LogP) is 8.10. The zero-order valence-corrected chi connectivity index (χ0v) is 25.9. The normalized spacial score (nSPS) is 17.1. The standard InChI is InChI=1S/C33H31F9N2O6/c34-31(35,36)19-43-29(47)44-30(23-6-2-8-26(15-23)49-32(37,38)39,24-7-3-9-27(16-24)50-33(40,41)42)17-20-10-12-25(13-11-20)48-18-21-4-1-5-22(14-21)28(45)46/h2-3,6-13,15-16,21-22H,1,4-5,14,17-19H2,(H,45,46)(H2,43,44,47). The smallest absolute Gasteiger partial charge is 0.493 e. The lowest BCUT2D eigenvalue weighted by atomic mass is 9.77. The van der Waals surface area contributed by atoms with Gasteiger partial charge >= 0.3 is 30.9 Å². The number of halogens is 9. The molecule has 0 radical (unpaired) electrons. The van der Waals surface area contributed by atoms with Gasteiger partial charge < -0.3 is 30.0 Å². The van der Waals surface area contributed by atoms with Gasteiger partial charge in [0.1, 0.15) is 23.8 Å². The van der Waals surface area contributed by atoms with Crippen molar-refractivity contribution < 1.29 is 68.4 Å². The highest BCUT2D eigenvalue weighted by atomic mass is 19.4. The third kappa shape index (κ3) is 11.4. The second kappa shape index (κ2) is 15.4. The van der Waals surface area contributed by atoms with Gasteiger partial charge in [-0.15, -0.1) is 26.3 Å². The molecule has 1 aliphatic rings. The Labute approximate surface area is 279 Å². The van der Waals surface area contributed by atoms with Crippen molar-refractivity contribution in [3.63, 3.8) is 0 Å². The third-order valence-electron chi connectivity index (χ3n) is 7.91. The minimum atomic E-state index is -5.17. The van der Waals surface area contributed by atoms with Crippen LogP contribution in [0.3, 0.4) is 0 Å². The monoisotopic (exact) mass is 722 g/mol. The number of urea groups is 1. The molecule has 0 heterocycles. The molecule has 3 aromatic rings. The summed E-state index contributed by atoms with van der Waals surface area (Å²) in [6.07, 6.45) is -13.1. The predicted molar refractivity (Wildman–Crippen MR) is 158 cm³/mol. The number of carboxylic acid groups (broad SMARTS) is 1. The van der Waals surface area contributed by atoms with Crippen LogP contribution in [0.5, 0.6) is 17.2 Å². The van der Waals surface area contributed by atoms with Crippen molar-refractivity contribution in [1.82, 2.24) is 10.6 Å². The first-order valence-electron chi connectivity index (χ1n) is 15.1. The minimum absolute atomic E-state index is 0.0195. The Morgan fingerprint density at radius 2 is 1.32 bits per heavy atom. The van der Waals surface area contributed by atoms with E-state index in [1.165, 1.54) is 36.4 Å². The molecule has 8 nitrogen and oxygen atoms in total. The first kappa shape index (κ1) is 38.0. The van der Waals surface area contributed by atoms with Crippen LogP contribution in [0.4, 0.5) is 44.3 Å². The molecule has 2 atom stereocenters. The molecule has 0 saturated heterocycles. The zero-order valence-electron chi connectivity index (χ0n) is 25.9. The molecule has 50 heavy (non-hydrogen) atoms. The number of rotatable bonds is 12. The summed E-state index contributed by atoms with van der Waals surface area (Å²) < 4.78 is 132. The highest BCUT2D eigenvalue weighted by Crippen LogP contribution is 2.39. The van der Waals surface area contributed by atoms with Gasteiger partial charge in [0, 0.05) is 6.42 Å². The SMILES string of the molecule is O=C(NCC(F)(F)F)NC(Cc1ccc(OCC2CCCC(C(=O)O)C2)cc1)(c1cccc(OC(F)(F)F)c1)c1cccc(OC(F)(F)F)c1. The Morgan fingerprint density at radius 3 is 1.82 bits per heavy atom. The van der Waals surface area contributed by atoms with Gasteiger partial charge in [-0.2, -0.15) is 13.2 Å². The number of carboxylic acids is 1. The van der Waals surface area contributed by atoms with Gasteiger partial charge in [0.25, 0.3) is 0 Å². The Morgan fingerprint density at radius 1 is 0.760 bits per heavy atom. The van der Waals surface area contributed by atoms with E-state index < -0.39 is 66.8 Å². The summed E-state index contributed by atoms with van der Waals surface area (Å²) in [6.45, 7) is -1.59. The summed E-state index contributed by atoms with van der Waals surface area (Å²) in [7, 11) is 0. The molecule has 1 saturated carbocycles. The average Bonchev–Trinajstić information content (AvgIpc) is 3.01. The second-order valence-corrected chi connectivity index (χ2v) is 11.7. The third-order valence-corrected chi connectivity index (χ3v) is 7.91. The van der Waals surface area contributed by atoms with E-state index >= 15 is 0 Å². The molecule has 2 unspecified atom stereocenters.